The molecule has 0 unspecified atom stereocenters. The first kappa shape index (κ1) is 22.2. The third-order valence-electron chi connectivity index (χ3n) is 3.87. The molecule has 0 bridgehead atoms. The zero-order valence-corrected chi connectivity index (χ0v) is 17.3. The molecule has 1 aromatic rings. The first-order chi connectivity index (χ1) is 12.6. The Bertz CT molecular complexity index is 536. The Labute approximate surface area is 162 Å². The monoisotopic (exact) mass is 379 g/mol. The SMILES string of the molecule is CCN(CCCNC(=NCC(=O)N(C)C)NCCSC)c1ccccc1. The predicted octanol–water partition coefficient (Wildman–Crippen LogP) is 1.89. The van der Waals surface area contributed by atoms with Gasteiger partial charge in [-0.15, -0.1) is 0 Å². The minimum absolute atomic E-state index is 0.00259. The van der Waals surface area contributed by atoms with E-state index in [9.17, 15) is 4.79 Å². The number of guanidine groups is 1. The van der Waals surface area contributed by atoms with Crippen LogP contribution < -0.4 is 15.5 Å². The van der Waals surface area contributed by atoms with E-state index in [0.717, 1.165) is 38.4 Å². The number of nitrogens with zero attached hydrogens (tertiary/aromatic N) is 3. The molecule has 0 aliphatic carbocycles. The fourth-order valence-electron chi connectivity index (χ4n) is 2.32. The van der Waals surface area contributed by atoms with Crippen LogP contribution >= 0.6 is 11.8 Å². The van der Waals surface area contributed by atoms with Gasteiger partial charge in [0.15, 0.2) is 5.96 Å². The number of amides is 1. The quantitative estimate of drug-likeness (QED) is 0.349. The maximum absolute atomic E-state index is 11.7. The van der Waals surface area contributed by atoms with Gasteiger partial charge in [0.1, 0.15) is 6.54 Å². The molecule has 0 aliphatic heterocycles. The van der Waals surface area contributed by atoms with Crippen LogP contribution in [0.4, 0.5) is 5.69 Å². The molecule has 1 amide bonds. The van der Waals surface area contributed by atoms with E-state index in [1.54, 1.807) is 30.8 Å². The molecule has 6 nitrogen and oxygen atoms in total. The van der Waals surface area contributed by atoms with Crippen molar-refractivity contribution in [3.63, 3.8) is 0 Å². The van der Waals surface area contributed by atoms with Crippen molar-refractivity contribution in [1.82, 2.24) is 15.5 Å². The zero-order chi connectivity index (χ0) is 19.2. The van der Waals surface area contributed by atoms with Gasteiger partial charge in [-0.1, -0.05) is 18.2 Å². The Morgan fingerprint density at radius 2 is 1.85 bits per heavy atom. The van der Waals surface area contributed by atoms with Gasteiger partial charge in [-0.05, 0) is 31.7 Å². The third kappa shape index (κ3) is 8.99. The molecular weight excluding hydrogens is 346 g/mol. The molecule has 26 heavy (non-hydrogen) atoms. The van der Waals surface area contributed by atoms with Crippen LogP contribution in [0.15, 0.2) is 35.3 Å². The van der Waals surface area contributed by atoms with E-state index in [1.165, 1.54) is 5.69 Å². The maximum Gasteiger partial charge on any atom is 0.243 e. The molecule has 0 fully saturated rings. The number of benzene rings is 1. The largest absolute Gasteiger partial charge is 0.372 e. The summed E-state index contributed by atoms with van der Waals surface area (Å²) in [6.07, 6.45) is 3.07. The Morgan fingerprint density at radius 1 is 1.15 bits per heavy atom. The fourth-order valence-corrected chi connectivity index (χ4v) is 2.63. The molecular formula is C19H33N5OS. The van der Waals surface area contributed by atoms with Crippen LogP contribution in [-0.2, 0) is 4.79 Å². The molecule has 1 aromatic carbocycles. The number of rotatable bonds is 11. The number of aliphatic imine (C=N–C) groups is 1. The van der Waals surface area contributed by atoms with Crippen LogP contribution in [0.2, 0.25) is 0 Å². The van der Waals surface area contributed by atoms with Gasteiger partial charge in [0, 0.05) is 51.7 Å². The predicted molar refractivity (Wildman–Crippen MR) is 114 cm³/mol. The summed E-state index contributed by atoms with van der Waals surface area (Å²) in [5, 5.41) is 6.62. The maximum atomic E-state index is 11.7. The molecule has 7 heteroatoms. The van der Waals surface area contributed by atoms with Crippen molar-refractivity contribution in [3.05, 3.63) is 30.3 Å². The van der Waals surface area contributed by atoms with Gasteiger partial charge in [0.2, 0.25) is 5.91 Å². The number of hydrogen-bond donors (Lipinski definition) is 2. The van der Waals surface area contributed by atoms with Crippen LogP contribution in [0.1, 0.15) is 13.3 Å². The lowest BCUT2D eigenvalue weighted by atomic mass is 10.2. The summed E-state index contributed by atoms with van der Waals surface area (Å²) in [6, 6.07) is 10.5. The van der Waals surface area contributed by atoms with Gasteiger partial charge in [-0.2, -0.15) is 11.8 Å². The zero-order valence-electron chi connectivity index (χ0n) is 16.5. The van der Waals surface area contributed by atoms with Crippen LogP contribution in [0.3, 0.4) is 0 Å². The summed E-state index contributed by atoms with van der Waals surface area (Å²) < 4.78 is 0. The van der Waals surface area contributed by atoms with Crippen LogP contribution in [-0.4, -0.2) is 75.6 Å². The molecule has 1 rings (SSSR count). The van der Waals surface area contributed by atoms with E-state index >= 15 is 0 Å². The molecule has 0 saturated carbocycles. The highest BCUT2D eigenvalue weighted by Gasteiger charge is 2.06. The lowest BCUT2D eigenvalue weighted by Crippen LogP contribution is -2.40. The Morgan fingerprint density at radius 3 is 2.46 bits per heavy atom. The van der Waals surface area contributed by atoms with Gasteiger partial charge < -0.3 is 20.4 Å². The number of anilines is 1. The molecule has 0 aliphatic rings. The Kier molecular flexibility index (Phi) is 11.4. The van der Waals surface area contributed by atoms with E-state index in [1.807, 2.05) is 6.07 Å². The van der Waals surface area contributed by atoms with Gasteiger partial charge in [0.25, 0.3) is 0 Å². The Balaban J connectivity index is 2.46. The number of nitrogens with one attached hydrogen (secondary N) is 2. The van der Waals surface area contributed by atoms with Gasteiger partial charge in [-0.3, -0.25) is 4.79 Å². The van der Waals surface area contributed by atoms with Crippen molar-refractivity contribution < 1.29 is 4.79 Å². The van der Waals surface area contributed by atoms with Gasteiger partial charge in [-0.25, -0.2) is 4.99 Å². The molecule has 0 aromatic heterocycles. The van der Waals surface area contributed by atoms with Crippen molar-refractivity contribution in [2.75, 3.05) is 63.7 Å². The average molecular weight is 380 g/mol. The number of hydrogen-bond acceptors (Lipinski definition) is 4. The van der Waals surface area contributed by atoms with E-state index in [0.29, 0.717) is 5.96 Å². The molecule has 0 saturated heterocycles. The first-order valence-corrected chi connectivity index (χ1v) is 10.5. The van der Waals surface area contributed by atoms with E-state index in [-0.39, 0.29) is 12.5 Å². The number of para-hydroxylation sites is 1. The standard InChI is InChI=1S/C19H33N5OS/c1-5-24(17-10-7-6-8-11-17)14-9-12-20-19(21-13-15-26-4)22-16-18(25)23(2)3/h6-8,10-11H,5,9,12-16H2,1-4H3,(H2,20,21,22). The summed E-state index contributed by atoms with van der Waals surface area (Å²) in [4.78, 5) is 20.1. The highest BCUT2D eigenvalue weighted by atomic mass is 32.2. The topological polar surface area (TPSA) is 60.0 Å². The smallest absolute Gasteiger partial charge is 0.243 e. The highest BCUT2D eigenvalue weighted by molar-refractivity contribution is 7.98. The summed E-state index contributed by atoms with van der Waals surface area (Å²) in [5.41, 5.74) is 1.25. The molecule has 0 spiro atoms. The first-order valence-electron chi connectivity index (χ1n) is 9.09. The lowest BCUT2D eigenvalue weighted by Gasteiger charge is -2.23. The number of thioether (sulfide) groups is 1. The third-order valence-corrected chi connectivity index (χ3v) is 4.48. The number of likely N-dealkylation sites (N-methyl/N-ethyl adjacent to an activating group) is 1. The van der Waals surface area contributed by atoms with Crippen molar-refractivity contribution in [2.45, 2.75) is 13.3 Å². The van der Waals surface area contributed by atoms with Crippen LogP contribution in [0.25, 0.3) is 0 Å². The Hall–Kier alpha value is -1.89. The van der Waals surface area contributed by atoms with Crippen molar-refractivity contribution >= 4 is 29.3 Å². The average Bonchev–Trinajstić information content (AvgIpc) is 2.66. The van der Waals surface area contributed by atoms with E-state index in [2.05, 4.69) is 58.0 Å². The van der Waals surface area contributed by atoms with E-state index < -0.39 is 0 Å². The molecule has 0 heterocycles. The number of carbonyl (C=O) groups is 1. The second kappa shape index (κ2) is 13.3. The second-order valence-corrected chi connectivity index (χ2v) is 7.05. The van der Waals surface area contributed by atoms with E-state index in [4.69, 9.17) is 0 Å². The molecule has 0 atom stereocenters. The van der Waals surface area contributed by atoms with Crippen molar-refractivity contribution in [3.8, 4) is 0 Å². The van der Waals surface area contributed by atoms with Crippen LogP contribution in [0, 0.1) is 0 Å². The summed E-state index contributed by atoms with van der Waals surface area (Å²) in [7, 11) is 3.49. The fraction of sp³-hybridized carbons (Fsp3) is 0.579. The summed E-state index contributed by atoms with van der Waals surface area (Å²) in [6.45, 7) is 5.92. The molecule has 2 N–H and O–H groups in total. The van der Waals surface area contributed by atoms with Gasteiger partial charge >= 0.3 is 0 Å². The minimum Gasteiger partial charge on any atom is -0.372 e. The summed E-state index contributed by atoms with van der Waals surface area (Å²) >= 11 is 1.78. The highest BCUT2D eigenvalue weighted by Crippen LogP contribution is 2.12. The number of carbonyl (C=O) groups excluding carboxylic acids is 1. The molecule has 146 valence electrons. The normalized spacial score (nSPS) is 11.2. The van der Waals surface area contributed by atoms with Crippen molar-refractivity contribution in [2.24, 2.45) is 4.99 Å². The van der Waals surface area contributed by atoms with Gasteiger partial charge in [0.05, 0.1) is 0 Å². The lowest BCUT2D eigenvalue weighted by molar-refractivity contribution is -0.127. The minimum atomic E-state index is -0.00259. The molecule has 0 radical (unpaired) electrons. The second-order valence-electron chi connectivity index (χ2n) is 6.07. The summed E-state index contributed by atoms with van der Waals surface area (Å²) in [5.74, 6) is 1.70. The van der Waals surface area contributed by atoms with Crippen molar-refractivity contribution in [1.29, 1.82) is 0 Å². The van der Waals surface area contributed by atoms with Crippen LogP contribution in [0.5, 0.6) is 0 Å².